The fourth-order valence-electron chi connectivity index (χ4n) is 1.91. The Balaban J connectivity index is 2.12. The first kappa shape index (κ1) is 12.2. The number of nitrogens with two attached hydrogens (primary N) is 1. The van der Waals surface area contributed by atoms with E-state index in [2.05, 4.69) is 22.5 Å². The Kier molecular flexibility index (Phi) is 3.86. The summed E-state index contributed by atoms with van der Waals surface area (Å²) in [5.41, 5.74) is 11.0. The molecule has 3 N–H and O–H groups in total. The number of hydrogen-bond donors (Lipinski definition) is 2. The Morgan fingerprint density at radius 3 is 2.76 bits per heavy atom. The van der Waals surface area contributed by atoms with Crippen LogP contribution in [0.1, 0.15) is 19.0 Å². The maximum absolute atomic E-state index is 6.05. The van der Waals surface area contributed by atoms with Gasteiger partial charge in [-0.3, -0.25) is 0 Å². The van der Waals surface area contributed by atoms with Gasteiger partial charge in [0.25, 0.3) is 0 Å². The fourth-order valence-corrected chi connectivity index (χ4v) is 1.91. The lowest BCUT2D eigenvalue weighted by Gasteiger charge is -2.28. The molecule has 1 fully saturated rings. The maximum atomic E-state index is 6.05. The molecule has 0 aromatic carbocycles. The van der Waals surface area contributed by atoms with Crippen LogP contribution in [0.25, 0.3) is 0 Å². The fraction of sp³-hybridized carbons (Fsp3) is 0.727. The molecule has 2 rings (SSSR count). The highest BCUT2D eigenvalue weighted by Crippen LogP contribution is 2.23. The molecular weight excluding hydrogens is 218 g/mol. The predicted molar refractivity (Wildman–Crippen MR) is 67.7 cm³/mol. The van der Waals surface area contributed by atoms with Crippen molar-refractivity contribution in [2.75, 3.05) is 37.5 Å². The van der Waals surface area contributed by atoms with Crippen LogP contribution in [-0.2, 0) is 11.3 Å². The van der Waals surface area contributed by atoms with Gasteiger partial charge in [-0.15, -0.1) is 0 Å². The van der Waals surface area contributed by atoms with E-state index in [-0.39, 0.29) is 0 Å². The third-order valence-corrected chi connectivity index (χ3v) is 2.88. The van der Waals surface area contributed by atoms with E-state index < -0.39 is 0 Å². The zero-order chi connectivity index (χ0) is 12.3. The van der Waals surface area contributed by atoms with Gasteiger partial charge in [0.05, 0.1) is 24.6 Å². The molecule has 1 aromatic heterocycles. The van der Waals surface area contributed by atoms with Gasteiger partial charge in [0.1, 0.15) is 0 Å². The lowest BCUT2D eigenvalue weighted by Crippen LogP contribution is -2.41. The molecule has 0 bridgehead atoms. The standard InChI is InChI=1S/C11H21N5O/c1-3-4-16-11(10(12)9(2)13-16)14-15-5-7-17-8-6-15/h14H,3-8,12H2,1-2H3. The number of rotatable bonds is 4. The molecular formula is C11H21N5O. The molecule has 0 saturated carbocycles. The summed E-state index contributed by atoms with van der Waals surface area (Å²) < 4.78 is 7.26. The summed E-state index contributed by atoms with van der Waals surface area (Å²) in [5.74, 6) is 0.909. The molecule has 6 nitrogen and oxygen atoms in total. The summed E-state index contributed by atoms with van der Waals surface area (Å²) in [6.45, 7) is 8.20. The Morgan fingerprint density at radius 2 is 2.12 bits per heavy atom. The normalized spacial score (nSPS) is 17.3. The number of nitrogens with zero attached hydrogens (tertiary/aromatic N) is 3. The van der Waals surface area contributed by atoms with Crippen LogP contribution in [-0.4, -0.2) is 41.1 Å². The third-order valence-electron chi connectivity index (χ3n) is 2.88. The van der Waals surface area contributed by atoms with E-state index in [1.54, 1.807) is 0 Å². The highest BCUT2D eigenvalue weighted by atomic mass is 16.5. The van der Waals surface area contributed by atoms with Crippen LogP contribution >= 0.6 is 0 Å². The molecule has 17 heavy (non-hydrogen) atoms. The first-order valence-corrected chi connectivity index (χ1v) is 6.14. The summed E-state index contributed by atoms with van der Waals surface area (Å²) in [4.78, 5) is 0. The van der Waals surface area contributed by atoms with Crippen molar-refractivity contribution in [3.8, 4) is 0 Å². The van der Waals surface area contributed by atoms with E-state index >= 15 is 0 Å². The monoisotopic (exact) mass is 239 g/mol. The summed E-state index contributed by atoms with van der Waals surface area (Å²) in [6.07, 6.45) is 1.04. The van der Waals surface area contributed by atoms with Crippen molar-refractivity contribution in [1.82, 2.24) is 14.8 Å². The van der Waals surface area contributed by atoms with E-state index in [0.717, 1.165) is 56.5 Å². The quantitative estimate of drug-likeness (QED) is 0.815. The van der Waals surface area contributed by atoms with Crippen molar-refractivity contribution < 1.29 is 4.74 Å². The Labute approximate surface area is 102 Å². The van der Waals surface area contributed by atoms with Gasteiger partial charge < -0.3 is 15.9 Å². The van der Waals surface area contributed by atoms with Gasteiger partial charge in [-0.05, 0) is 13.3 Å². The van der Waals surface area contributed by atoms with Crippen LogP contribution in [0.5, 0.6) is 0 Å². The van der Waals surface area contributed by atoms with E-state index in [1.165, 1.54) is 0 Å². The molecule has 0 aliphatic carbocycles. The molecule has 0 amide bonds. The van der Waals surface area contributed by atoms with Gasteiger partial charge in [-0.25, -0.2) is 9.69 Å². The van der Waals surface area contributed by atoms with Crippen molar-refractivity contribution in [3.05, 3.63) is 5.69 Å². The average molecular weight is 239 g/mol. The number of nitrogens with one attached hydrogen (secondary N) is 1. The van der Waals surface area contributed by atoms with E-state index in [1.807, 2.05) is 11.6 Å². The number of morpholine rings is 1. The van der Waals surface area contributed by atoms with Crippen LogP contribution in [0.4, 0.5) is 11.5 Å². The van der Waals surface area contributed by atoms with Crippen molar-refractivity contribution in [3.63, 3.8) is 0 Å². The van der Waals surface area contributed by atoms with Crippen LogP contribution in [0.2, 0.25) is 0 Å². The maximum Gasteiger partial charge on any atom is 0.162 e. The van der Waals surface area contributed by atoms with E-state index in [9.17, 15) is 0 Å². The molecule has 96 valence electrons. The second kappa shape index (κ2) is 5.37. The minimum Gasteiger partial charge on any atom is -0.394 e. The minimum atomic E-state index is 0.741. The summed E-state index contributed by atoms with van der Waals surface area (Å²) >= 11 is 0. The number of aromatic nitrogens is 2. The van der Waals surface area contributed by atoms with Crippen LogP contribution in [0.3, 0.4) is 0 Å². The number of nitrogen functional groups attached to an aromatic ring is 1. The Bertz CT molecular complexity index is 370. The van der Waals surface area contributed by atoms with Gasteiger partial charge >= 0.3 is 0 Å². The molecule has 0 atom stereocenters. The van der Waals surface area contributed by atoms with Crippen molar-refractivity contribution in [2.24, 2.45) is 0 Å². The topological polar surface area (TPSA) is 68.3 Å². The molecule has 1 aromatic rings. The van der Waals surface area contributed by atoms with Crippen molar-refractivity contribution >= 4 is 11.5 Å². The SMILES string of the molecule is CCCn1nc(C)c(N)c1NN1CCOCC1. The van der Waals surface area contributed by atoms with E-state index in [4.69, 9.17) is 10.5 Å². The smallest absolute Gasteiger partial charge is 0.162 e. The van der Waals surface area contributed by atoms with Gasteiger partial charge in [0.2, 0.25) is 0 Å². The zero-order valence-corrected chi connectivity index (χ0v) is 10.6. The Hall–Kier alpha value is -1.27. The van der Waals surface area contributed by atoms with Crippen LogP contribution in [0.15, 0.2) is 0 Å². The predicted octanol–water partition coefficient (Wildman–Crippen LogP) is 0.843. The largest absolute Gasteiger partial charge is 0.394 e. The molecule has 0 radical (unpaired) electrons. The van der Waals surface area contributed by atoms with Crippen LogP contribution < -0.4 is 11.2 Å². The average Bonchev–Trinajstić information content (AvgIpc) is 2.59. The lowest BCUT2D eigenvalue weighted by molar-refractivity contribution is 0.0493. The highest BCUT2D eigenvalue weighted by molar-refractivity contribution is 5.64. The second-order valence-electron chi connectivity index (χ2n) is 4.28. The molecule has 1 aliphatic rings. The Morgan fingerprint density at radius 1 is 1.41 bits per heavy atom. The highest BCUT2D eigenvalue weighted by Gasteiger charge is 2.16. The number of hydrazine groups is 1. The minimum absolute atomic E-state index is 0.741. The summed E-state index contributed by atoms with van der Waals surface area (Å²) in [5, 5.41) is 6.56. The van der Waals surface area contributed by atoms with Gasteiger partial charge in [-0.2, -0.15) is 5.10 Å². The molecule has 6 heteroatoms. The van der Waals surface area contributed by atoms with Crippen molar-refractivity contribution in [1.29, 1.82) is 0 Å². The summed E-state index contributed by atoms with van der Waals surface area (Å²) in [6, 6.07) is 0. The number of hydrogen-bond acceptors (Lipinski definition) is 5. The third kappa shape index (κ3) is 2.70. The lowest BCUT2D eigenvalue weighted by atomic mass is 10.4. The second-order valence-corrected chi connectivity index (χ2v) is 4.28. The summed E-state index contributed by atoms with van der Waals surface area (Å²) in [7, 11) is 0. The number of anilines is 2. The number of ether oxygens (including phenoxy) is 1. The van der Waals surface area contributed by atoms with Crippen molar-refractivity contribution in [2.45, 2.75) is 26.8 Å². The molecule has 0 unspecified atom stereocenters. The molecule has 2 heterocycles. The van der Waals surface area contributed by atoms with E-state index in [0.29, 0.717) is 0 Å². The van der Waals surface area contributed by atoms with Gasteiger partial charge in [-0.1, -0.05) is 6.92 Å². The molecule has 0 spiro atoms. The van der Waals surface area contributed by atoms with Gasteiger partial charge in [0.15, 0.2) is 5.82 Å². The molecule has 1 aliphatic heterocycles. The van der Waals surface area contributed by atoms with Crippen LogP contribution in [0, 0.1) is 6.92 Å². The first-order valence-electron chi connectivity index (χ1n) is 6.14. The number of aryl methyl sites for hydroxylation is 2. The zero-order valence-electron chi connectivity index (χ0n) is 10.6. The molecule has 1 saturated heterocycles. The van der Waals surface area contributed by atoms with Gasteiger partial charge in [0, 0.05) is 19.6 Å². The first-order chi connectivity index (χ1) is 8.22.